The van der Waals surface area contributed by atoms with Gasteiger partial charge in [0.05, 0.1) is 5.02 Å². The molecule has 0 bridgehead atoms. The number of hydrogen-bond acceptors (Lipinski definition) is 3. The smallest absolute Gasteiger partial charge is 0.151 e. The van der Waals surface area contributed by atoms with E-state index < -0.39 is 0 Å². The molecule has 13 heavy (non-hydrogen) atoms. The third kappa shape index (κ3) is 4.01. The van der Waals surface area contributed by atoms with Crippen LogP contribution in [-0.4, -0.2) is 23.6 Å². The van der Waals surface area contributed by atoms with Crippen molar-refractivity contribution >= 4 is 17.7 Å². The largest absolute Gasteiger partial charge is 0.319 e. The van der Waals surface area contributed by atoms with E-state index in [1.54, 1.807) is 12.4 Å². The molecule has 0 saturated carbocycles. The normalized spacial score (nSPS) is 10.9. The number of halogens is 1. The van der Waals surface area contributed by atoms with Crippen LogP contribution in [0.2, 0.25) is 5.02 Å². The molecular weight excluding hydrogens is 186 g/mol. The van der Waals surface area contributed by atoms with Crippen molar-refractivity contribution in [3.05, 3.63) is 29.3 Å². The van der Waals surface area contributed by atoms with Gasteiger partial charge in [-0.1, -0.05) is 17.7 Å². The summed E-state index contributed by atoms with van der Waals surface area (Å²) in [7, 11) is 1.92. The van der Waals surface area contributed by atoms with Gasteiger partial charge in [0.2, 0.25) is 0 Å². The quantitative estimate of drug-likeness (QED) is 0.748. The van der Waals surface area contributed by atoms with Crippen LogP contribution in [0, 0.1) is 0 Å². The van der Waals surface area contributed by atoms with Crippen LogP contribution >= 0.6 is 11.6 Å². The molecule has 3 nitrogen and oxygen atoms in total. The molecule has 1 heterocycles. The Morgan fingerprint density at radius 2 is 2.15 bits per heavy atom. The summed E-state index contributed by atoms with van der Waals surface area (Å²) in [6, 6.07) is 0. The van der Waals surface area contributed by atoms with E-state index in [0.717, 1.165) is 13.0 Å². The van der Waals surface area contributed by atoms with Crippen LogP contribution in [0.5, 0.6) is 0 Å². The average molecular weight is 198 g/mol. The molecule has 0 atom stereocenters. The van der Waals surface area contributed by atoms with Gasteiger partial charge in [-0.25, -0.2) is 9.97 Å². The lowest BCUT2D eigenvalue weighted by Gasteiger charge is -1.92. The van der Waals surface area contributed by atoms with Crippen LogP contribution in [0.15, 0.2) is 18.5 Å². The Kier molecular flexibility index (Phi) is 4.43. The van der Waals surface area contributed by atoms with Crippen molar-refractivity contribution in [2.24, 2.45) is 0 Å². The minimum absolute atomic E-state index is 0.562. The third-order valence-corrected chi connectivity index (χ3v) is 1.66. The van der Waals surface area contributed by atoms with Gasteiger partial charge in [0.1, 0.15) is 0 Å². The molecule has 0 fully saturated rings. The predicted octanol–water partition coefficient (Wildman–Crippen LogP) is 1.75. The number of hydrogen-bond donors (Lipinski definition) is 1. The summed E-state index contributed by atoms with van der Waals surface area (Å²) in [5.41, 5.74) is 0. The Morgan fingerprint density at radius 1 is 1.46 bits per heavy atom. The third-order valence-electron chi connectivity index (χ3n) is 1.47. The highest BCUT2D eigenvalue weighted by atomic mass is 35.5. The van der Waals surface area contributed by atoms with Crippen molar-refractivity contribution in [2.45, 2.75) is 6.42 Å². The molecule has 0 aliphatic heterocycles. The van der Waals surface area contributed by atoms with Gasteiger partial charge in [-0.2, -0.15) is 0 Å². The molecule has 70 valence electrons. The van der Waals surface area contributed by atoms with Gasteiger partial charge in [0, 0.05) is 12.4 Å². The molecule has 4 heteroatoms. The van der Waals surface area contributed by atoms with Crippen LogP contribution < -0.4 is 5.32 Å². The van der Waals surface area contributed by atoms with Gasteiger partial charge in [-0.15, -0.1) is 0 Å². The first-order valence-electron chi connectivity index (χ1n) is 4.11. The highest BCUT2D eigenvalue weighted by Gasteiger charge is 1.89. The van der Waals surface area contributed by atoms with E-state index in [1.807, 2.05) is 19.2 Å². The van der Waals surface area contributed by atoms with Crippen LogP contribution in [0.4, 0.5) is 0 Å². The molecule has 0 aromatic carbocycles. The fourth-order valence-corrected chi connectivity index (χ4v) is 0.922. The molecular formula is C9H12ClN3. The Morgan fingerprint density at radius 3 is 2.77 bits per heavy atom. The fraction of sp³-hybridized carbons (Fsp3) is 0.333. The molecule has 0 aliphatic carbocycles. The van der Waals surface area contributed by atoms with Gasteiger partial charge < -0.3 is 5.32 Å². The zero-order valence-electron chi connectivity index (χ0n) is 7.50. The van der Waals surface area contributed by atoms with Crippen molar-refractivity contribution in [1.82, 2.24) is 15.3 Å². The van der Waals surface area contributed by atoms with E-state index in [1.165, 1.54) is 0 Å². The topological polar surface area (TPSA) is 37.8 Å². The minimum atomic E-state index is 0.562. The van der Waals surface area contributed by atoms with Crippen molar-refractivity contribution in [1.29, 1.82) is 0 Å². The molecule has 1 aromatic rings. The molecule has 1 aromatic heterocycles. The van der Waals surface area contributed by atoms with E-state index in [-0.39, 0.29) is 0 Å². The molecule has 0 saturated heterocycles. The second-order valence-electron chi connectivity index (χ2n) is 2.55. The van der Waals surface area contributed by atoms with E-state index in [9.17, 15) is 0 Å². The maximum atomic E-state index is 5.64. The average Bonchev–Trinajstić information content (AvgIpc) is 2.15. The summed E-state index contributed by atoms with van der Waals surface area (Å²) in [6.45, 7) is 0.962. The highest BCUT2D eigenvalue weighted by molar-refractivity contribution is 6.30. The van der Waals surface area contributed by atoms with Crippen LogP contribution in [0.25, 0.3) is 6.08 Å². The first-order chi connectivity index (χ1) is 6.33. The lowest BCUT2D eigenvalue weighted by molar-refractivity contribution is 0.809. The Labute approximate surface area is 82.9 Å². The molecule has 1 rings (SSSR count). The van der Waals surface area contributed by atoms with Crippen LogP contribution in [0.1, 0.15) is 12.2 Å². The summed E-state index contributed by atoms with van der Waals surface area (Å²) in [5.74, 6) is 0.695. The molecule has 0 amide bonds. The van der Waals surface area contributed by atoms with Gasteiger partial charge >= 0.3 is 0 Å². The van der Waals surface area contributed by atoms with Crippen molar-refractivity contribution in [3.63, 3.8) is 0 Å². The number of nitrogens with one attached hydrogen (secondary N) is 1. The predicted molar refractivity (Wildman–Crippen MR) is 54.6 cm³/mol. The molecule has 0 unspecified atom stereocenters. The number of nitrogens with zero attached hydrogens (tertiary/aromatic N) is 2. The zero-order valence-corrected chi connectivity index (χ0v) is 8.25. The molecule has 1 N–H and O–H groups in total. The first kappa shape index (κ1) is 10.2. The van der Waals surface area contributed by atoms with Gasteiger partial charge in [0.15, 0.2) is 5.82 Å². The monoisotopic (exact) mass is 197 g/mol. The summed E-state index contributed by atoms with van der Waals surface area (Å²) < 4.78 is 0. The fourth-order valence-electron chi connectivity index (χ4n) is 0.825. The Bertz CT molecular complexity index is 269. The number of rotatable bonds is 4. The second-order valence-corrected chi connectivity index (χ2v) is 2.99. The Balaban J connectivity index is 2.44. The van der Waals surface area contributed by atoms with Crippen LogP contribution in [0.3, 0.4) is 0 Å². The summed E-state index contributed by atoms with van der Waals surface area (Å²) in [4.78, 5) is 8.05. The maximum absolute atomic E-state index is 5.64. The van der Waals surface area contributed by atoms with E-state index >= 15 is 0 Å². The van der Waals surface area contributed by atoms with Gasteiger partial charge in [-0.05, 0) is 26.1 Å². The van der Waals surface area contributed by atoms with Crippen LogP contribution in [-0.2, 0) is 0 Å². The van der Waals surface area contributed by atoms with Crippen molar-refractivity contribution in [3.8, 4) is 0 Å². The van der Waals surface area contributed by atoms with E-state index in [4.69, 9.17) is 11.6 Å². The first-order valence-corrected chi connectivity index (χ1v) is 4.49. The number of aromatic nitrogens is 2. The molecule has 0 spiro atoms. The summed E-state index contributed by atoms with van der Waals surface area (Å²) >= 11 is 5.64. The van der Waals surface area contributed by atoms with E-state index in [2.05, 4.69) is 15.3 Å². The maximum Gasteiger partial charge on any atom is 0.151 e. The van der Waals surface area contributed by atoms with E-state index in [0.29, 0.717) is 10.8 Å². The lowest BCUT2D eigenvalue weighted by atomic mass is 10.3. The summed E-state index contributed by atoms with van der Waals surface area (Å²) in [6.07, 6.45) is 8.06. The van der Waals surface area contributed by atoms with Crippen molar-refractivity contribution in [2.75, 3.05) is 13.6 Å². The Hall–Kier alpha value is -0.930. The highest BCUT2D eigenvalue weighted by Crippen LogP contribution is 2.03. The molecule has 0 aliphatic rings. The van der Waals surface area contributed by atoms with Crippen molar-refractivity contribution < 1.29 is 0 Å². The second kappa shape index (κ2) is 5.67. The SMILES string of the molecule is CNCCC=Cc1ncc(Cl)cn1. The lowest BCUT2D eigenvalue weighted by Crippen LogP contribution is -2.05. The van der Waals surface area contributed by atoms with Gasteiger partial charge in [-0.3, -0.25) is 0 Å². The standard InChI is InChI=1S/C9H12ClN3/c1-11-5-3-2-4-9-12-6-8(10)7-13-9/h2,4,6-7,11H,3,5H2,1H3. The zero-order chi connectivity index (χ0) is 9.52. The van der Waals surface area contributed by atoms with Gasteiger partial charge in [0.25, 0.3) is 0 Å². The molecule has 0 radical (unpaired) electrons. The minimum Gasteiger partial charge on any atom is -0.319 e. The summed E-state index contributed by atoms with van der Waals surface area (Å²) in [5, 5.41) is 3.61.